The fraction of sp³-hybridized carbons (Fsp3) is 0.333. The summed E-state index contributed by atoms with van der Waals surface area (Å²) in [5, 5.41) is 18.1. The summed E-state index contributed by atoms with van der Waals surface area (Å²) in [4.78, 5) is 0. The maximum Gasteiger partial charge on any atom is 0.165 e. The molecule has 0 fully saturated rings. The van der Waals surface area contributed by atoms with E-state index in [1.165, 1.54) is 0 Å². The van der Waals surface area contributed by atoms with Gasteiger partial charge in [-0.15, -0.1) is 10.2 Å². The predicted octanol–water partition coefficient (Wildman–Crippen LogP) is 3.26. The lowest BCUT2D eigenvalue weighted by molar-refractivity contribution is 0.264. The molecule has 0 radical (unpaired) electrons. The van der Waals surface area contributed by atoms with Gasteiger partial charge in [0, 0.05) is 21.6 Å². The maximum absolute atomic E-state index is 9.27. The number of rotatable bonds is 4. The van der Waals surface area contributed by atoms with Crippen LogP contribution in [-0.2, 0) is 13.2 Å². The molecule has 4 nitrogen and oxygen atoms in total. The molecule has 0 aliphatic rings. The van der Waals surface area contributed by atoms with E-state index in [1.807, 2.05) is 22.8 Å². The fourth-order valence-electron chi connectivity index (χ4n) is 1.78. The summed E-state index contributed by atoms with van der Waals surface area (Å²) in [5.74, 6) is 1.29. The SMILES string of the molecule is CCCn1c(CO)nnc1-c1cc(Cl)ccc1Br. The summed E-state index contributed by atoms with van der Waals surface area (Å²) in [7, 11) is 0. The Morgan fingerprint density at radius 1 is 1.39 bits per heavy atom. The lowest BCUT2D eigenvalue weighted by atomic mass is 10.2. The van der Waals surface area contributed by atoms with Gasteiger partial charge in [0.25, 0.3) is 0 Å². The Kier molecular flexibility index (Phi) is 4.37. The molecule has 1 aromatic carbocycles. The number of aliphatic hydroxyl groups is 1. The largest absolute Gasteiger partial charge is 0.388 e. The Bertz CT molecular complexity index is 556. The second-order valence-electron chi connectivity index (χ2n) is 3.87. The van der Waals surface area contributed by atoms with E-state index in [9.17, 15) is 5.11 Å². The van der Waals surface area contributed by atoms with Gasteiger partial charge in [-0.05, 0) is 24.6 Å². The first-order chi connectivity index (χ1) is 8.67. The number of hydrogen-bond donors (Lipinski definition) is 1. The second kappa shape index (κ2) is 5.82. The van der Waals surface area contributed by atoms with E-state index in [0.717, 1.165) is 28.8 Å². The average molecular weight is 331 g/mol. The van der Waals surface area contributed by atoms with E-state index in [2.05, 4.69) is 33.1 Å². The molecule has 1 heterocycles. The van der Waals surface area contributed by atoms with Gasteiger partial charge in [-0.25, -0.2) is 0 Å². The van der Waals surface area contributed by atoms with Gasteiger partial charge in [0.15, 0.2) is 11.6 Å². The molecule has 0 amide bonds. The molecule has 6 heteroatoms. The first-order valence-electron chi connectivity index (χ1n) is 5.65. The van der Waals surface area contributed by atoms with Crippen LogP contribution in [0.3, 0.4) is 0 Å². The third-order valence-electron chi connectivity index (χ3n) is 2.59. The van der Waals surface area contributed by atoms with E-state index in [-0.39, 0.29) is 6.61 Å². The highest BCUT2D eigenvalue weighted by Crippen LogP contribution is 2.30. The van der Waals surface area contributed by atoms with Crippen LogP contribution in [0.1, 0.15) is 19.2 Å². The van der Waals surface area contributed by atoms with Gasteiger partial charge in [-0.3, -0.25) is 0 Å². The standard InChI is InChI=1S/C12H13BrClN3O/c1-2-5-17-11(7-18)15-16-12(17)9-6-8(14)3-4-10(9)13/h3-4,6,18H,2,5,7H2,1H3. The Hall–Kier alpha value is -0.910. The first-order valence-corrected chi connectivity index (χ1v) is 6.82. The number of halogens is 2. The fourth-order valence-corrected chi connectivity index (χ4v) is 2.37. The minimum atomic E-state index is -0.120. The molecule has 1 N–H and O–H groups in total. The first kappa shape index (κ1) is 13.5. The molecule has 0 aliphatic heterocycles. The summed E-state index contributed by atoms with van der Waals surface area (Å²) in [6, 6.07) is 5.52. The van der Waals surface area contributed by atoms with Crippen molar-refractivity contribution >= 4 is 27.5 Å². The van der Waals surface area contributed by atoms with Crippen molar-refractivity contribution in [2.24, 2.45) is 0 Å². The second-order valence-corrected chi connectivity index (χ2v) is 5.16. The van der Waals surface area contributed by atoms with Crippen LogP contribution in [0.4, 0.5) is 0 Å². The average Bonchev–Trinajstić information content (AvgIpc) is 2.76. The lowest BCUT2D eigenvalue weighted by Gasteiger charge is -2.09. The van der Waals surface area contributed by atoms with Crippen LogP contribution in [0.15, 0.2) is 22.7 Å². The van der Waals surface area contributed by atoms with Gasteiger partial charge in [0.1, 0.15) is 6.61 Å². The zero-order valence-electron chi connectivity index (χ0n) is 9.90. The van der Waals surface area contributed by atoms with Crippen LogP contribution in [0.25, 0.3) is 11.4 Å². The molecule has 0 saturated heterocycles. The van der Waals surface area contributed by atoms with E-state index in [1.54, 1.807) is 0 Å². The topological polar surface area (TPSA) is 50.9 Å². The highest BCUT2D eigenvalue weighted by molar-refractivity contribution is 9.10. The number of benzene rings is 1. The normalized spacial score (nSPS) is 10.9. The Labute approximate surface area is 119 Å². The monoisotopic (exact) mass is 329 g/mol. The van der Waals surface area contributed by atoms with Gasteiger partial charge < -0.3 is 9.67 Å². The lowest BCUT2D eigenvalue weighted by Crippen LogP contribution is -2.05. The molecule has 96 valence electrons. The van der Waals surface area contributed by atoms with E-state index in [4.69, 9.17) is 11.6 Å². The van der Waals surface area contributed by atoms with Crippen LogP contribution in [-0.4, -0.2) is 19.9 Å². The third kappa shape index (κ3) is 2.58. The summed E-state index contributed by atoms with van der Waals surface area (Å²) >= 11 is 9.49. The molecule has 0 atom stereocenters. The summed E-state index contributed by atoms with van der Waals surface area (Å²) in [5.41, 5.74) is 0.878. The zero-order chi connectivity index (χ0) is 13.1. The summed E-state index contributed by atoms with van der Waals surface area (Å²) in [6.45, 7) is 2.71. The Morgan fingerprint density at radius 2 is 2.17 bits per heavy atom. The predicted molar refractivity (Wildman–Crippen MR) is 74.4 cm³/mol. The van der Waals surface area contributed by atoms with Crippen molar-refractivity contribution < 1.29 is 5.11 Å². The smallest absolute Gasteiger partial charge is 0.165 e. The molecule has 0 aliphatic carbocycles. The third-order valence-corrected chi connectivity index (χ3v) is 3.51. The number of nitrogens with zero attached hydrogens (tertiary/aromatic N) is 3. The van der Waals surface area contributed by atoms with Crippen molar-refractivity contribution in [1.82, 2.24) is 14.8 Å². The zero-order valence-corrected chi connectivity index (χ0v) is 12.2. The van der Waals surface area contributed by atoms with Crippen LogP contribution >= 0.6 is 27.5 Å². The highest BCUT2D eigenvalue weighted by Gasteiger charge is 2.15. The van der Waals surface area contributed by atoms with Crippen molar-refractivity contribution in [2.75, 3.05) is 0 Å². The van der Waals surface area contributed by atoms with Crippen molar-refractivity contribution in [1.29, 1.82) is 0 Å². The van der Waals surface area contributed by atoms with Crippen LogP contribution < -0.4 is 0 Å². The van der Waals surface area contributed by atoms with E-state index >= 15 is 0 Å². The Balaban J connectivity index is 2.56. The minimum absolute atomic E-state index is 0.120. The quantitative estimate of drug-likeness (QED) is 0.936. The maximum atomic E-state index is 9.27. The molecular formula is C12H13BrClN3O. The van der Waals surface area contributed by atoms with Crippen molar-refractivity contribution in [3.63, 3.8) is 0 Å². The van der Waals surface area contributed by atoms with Gasteiger partial charge >= 0.3 is 0 Å². The molecule has 1 aromatic heterocycles. The summed E-state index contributed by atoms with van der Waals surface area (Å²) < 4.78 is 2.82. The highest BCUT2D eigenvalue weighted by atomic mass is 79.9. The molecular weight excluding hydrogens is 318 g/mol. The van der Waals surface area contributed by atoms with Crippen LogP contribution in [0.5, 0.6) is 0 Å². The van der Waals surface area contributed by atoms with Gasteiger partial charge in [0.05, 0.1) is 0 Å². The molecule has 0 bridgehead atoms. The molecule has 0 saturated carbocycles. The molecule has 2 rings (SSSR count). The molecule has 2 aromatic rings. The van der Waals surface area contributed by atoms with Gasteiger partial charge in [-0.1, -0.05) is 34.5 Å². The van der Waals surface area contributed by atoms with E-state index < -0.39 is 0 Å². The van der Waals surface area contributed by atoms with Crippen LogP contribution in [0.2, 0.25) is 5.02 Å². The number of aliphatic hydroxyl groups excluding tert-OH is 1. The van der Waals surface area contributed by atoms with Crippen molar-refractivity contribution in [3.05, 3.63) is 33.5 Å². The van der Waals surface area contributed by atoms with Crippen molar-refractivity contribution in [2.45, 2.75) is 26.5 Å². The molecule has 0 unspecified atom stereocenters. The Morgan fingerprint density at radius 3 is 2.83 bits per heavy atom. The number of aromatic nitrogens is 3. The molecule has 0 spiro atoms. The van der Waals surface area contributed by atoms with E-state index in [0.29, 0.717) is 10.8 Å². The van der Waals surface area contributed by atoms with Gasteiger partial charge in [-0.2, -0.15) is 0 Å². The van der Waals surface area contributed by atoms with Crippen molar-refractivity contribution in [3.8, 4) is 11.4 Å². The molecule has 18 heavy (non-hydrogen) atoms. The number of hydrogen-bond acceptors (Lipinski definition) is 3. The van der Waals surface area contributed by atoms with Crippen LogP contribution in [0, 0.1) is 0 Å². The minimum Gasteiger partial charge on any atom is -0.388 e. The van der Waals surface area contributed by atoms with Gasteiger partial charge in [0.2, 0.25) is 0 Å². The summed E-state index contributed by atoms with van der Waals surface area (Å²) in [6.07, 6.45) is 0.941.